The van der Waals surface area contributed by atoms with Crippen molar-refractivity contribution in [1.29, 1.82) is 0 Å². The number of fused-ring (bicyclic) bond motifs is 1. The van der Waals surface area contributed by atoms with Crippen molar-refractivity contribution in [2.45, 2.75) is 13.0 Å². The van der Waals surface area contributed by atoms with E-state index in [0.29, 0.717) is 30.9 Å². The van der Waals surface area contributed by atoms with Crippen molar-refractivity contribution in [2.75, 3.05) is 25.4 Å². The summed E-state index contributed by atoms with van der Waals surface area (Å²) in [5.41, 5.74) is 9.66. The molecule has 0 saturated carbocycles. The normalized spacial score (nSPS) is 17.4. The Kier molecular flexibility index (Phi) is 4.26. The van der Waals surface area contributed by atoms with E-state index in [9.17, 15) is 4.79 Å². The van der Waals surface area contributed by atoms with Gasteiger partial charge in [-0.1, -0.05) is 12.1 Å². The van der Waals surface area contributed by atoms with Gasteiger partial charge < -0.3 is 15.4 Å². The zero-order valence-corrected chi connectivity index (χ0v) is 14.6. The highest BCUT2D eigenvalue weighted by Crippen LogP contribution is 2.25. The van der Waals surface area contributed by atoms with Gasteiger partial charge in [0.15, 0.2) is 0 Å². The number of hydrogen-bond donors (Lipinski definition) is 1. The molecule has 4 rings (SSSR count). The third-order valence-electron chi connectivity index (χ3n) is 4.56. The third-order valence-corrected chi connectivity index (χ3v) is 4.56. The van der Waals surface area contributed by atoms with Crippen molar-refractivity contribution in [3.63, 3.8) is 0 Å². The fraction of sp³-hybridized carbons (Fsp3) is 0.250. The number of hydrogen-bond acceptors (Lipinski definition) is 5. The van der Waals surface area contributed by atoms with E-state index >= 15 is 0 Å². The molecule has 0 bridgehead atoms. The number of pyridine rings is 2. The number of benzene rings is 1. The van der Waals surface area contributed by atoms with Crippen LogP contribution in [-0.4, -0.2) is 40.5 Å². The topological polar surface area (TPSA) is 81.3 Å². The molecule has 6 heteroatoms. The first-order chi connectivity index (χ1) is 12.6. The largest absolute Gasteiger partial charge is 0.399 e. The summed E-state index contributed by atoms with van der Waals surface area (Å²) in [6, 6.07) is 13.0. The van der Waals surface area contributed by atoms with Crippen LogP contribution in [0.5, 0.6) is 0 Å². The fourth-order valence-corrected chi connectivity index (χ4v) is 3.36. The van der Waals surface area contributed by atoms with Crippen LogP contribution in [0.2, 0.25) is 0 Å². The lowest BCUT2D eigenvalue weighted by Crippen LogP contribution is -2.42. The number of nitrogen functional groups attached to an aromatic ring is 1. The Hall–Kier alpha value is -2.99. The second kappa shape index (κ2) is 6.72. The number of morpholine rings is 1. The van der Waals surface area contributed by atoms with Crippen LogP contribution in [0.25, 0.3) is 10.9 Å². The summed E-state index contributed by atoms with van der Waals surface area (Å²) >= 11 is 0. The summed E-state index contributed by atoms with van der Waals surface area (Å²) in [5.74, 6) is -0.0162. The SMILES string of the molecule is Cc1cc(N)cc([C@@H]2CN(C(=O)c3cccc4ncccc34)CCO2)n1. The maximum absolute atomic E-state index is 13.1. The first-order valence-electron chi connectivity index (χ1n) is 8.60. The van der Waals surface area contributed by atoms with E-state index in [0.717, 1.165) is 22.3 Å². The Bertz CT molecular complexity index is 947. The summed E-state index contributed by atoms with van der Waals surface area (Å²) in [5, 5.41) is 0.862. The lowest BCUT2D eigenvalue weighted by Gasteiger charge is -2.33. The molecule has 26 heavy (non-hydrogen) atoms. The monoisotopic (exact) mass is 348 g/mol. The molecule has 0 spiro atoms. The van der Waals surface area contributed by atoms with Crippen LogP contribution < -0.4 is 5.73 Å². The van der Waals surface area contributed by atoms with Crippen LogP contribution in [-0.2, 0) is 4.74 Å². The third kappa shape index (κ3) is 3.11. The van der Waals surface area contributed by atoms with Crippen LogP contribution in [0.3, 0.4) is 0 Å². The van der Waals surface area contributed by atoms with Crippen molar-refractivity contribution >= 4 is 22.5 Å². The molecular formula is C20H20N4O2. The molecule has 2 N–H and O–H groups in total. The average molecular weight is 348 g/mol. The van der Waals surface area contributed by atoms with Crippen LogP contribution in [0, 0.1) is 6.92 Å². The number of aromatic nitrogens is 2. The molecule has 132 valence electrons. The summed E-state index contributed by atoms with van der Waals surface area (Å²) in [7, 11) is 0. The summed E-state index contributed by atoms with van der Waals surface area (Å²) in [6.07, 6.45) is 1.46. The molecule has 0 aliphatic carbocycles. The molecule has 1 amide bonds. The standard InChI is InChI=1S/C20H20N4O2/c1-13-10-14(21)11-18(23-13)19-12-24(8-9-26-19)20(25)16-4-2-6-17-15(16)5-3-7-22-17/h2-7,10-11,19H,8-9,12H2,1H3,(H2,21,23)/t19-/m0/s1. The Morgan fingerprint density at radius 3 is 3.00 bits per heavy atom. The first-order valence-corrected chi connectivity index (χ1v) is 8.60. The lowest BCUT2D eigenvalue weighted by molar-refractivity contribution is -0.0246. The number of anilines is 1. The molecule has 2 aromatic heterocycles. The van der Waals surface area contributed by atoms with Gasteiger partial charge in [0.1, 0.15) is 6.10 Å². The van der Waals surface area contributed by atoms with E-state index in [1.54, 1.807) is 6.20 Å². The van der Waals surface area contributed by atoms with Crippen molar-refractivity contribution < 1.29 is 9.53 Å². The van der Waals surface area contributed by atoms with Gasteiger partial charge in [-0.15, -0.1) is 0 Å². The minimum Gasteiger partial charge on any atom is -0.399 e. The number of nitrogens with two attached hydrogens (primary N) is 1. The molecule has 1 aliphatic rings. The minimum atomic E-state index is -0.275. The summed E-state index contributed by atoms with van der Waals surface area (Å²) < 4.78 is 5.85. The Morgan fingerprint density at radius 2 is 2.15 bits per heavy atom. The predicted molar refractivity (Wildman–Crippen MR) is 99.7 cm³/mol. The number of ether oxygens (including phenoxy) is 1. The van der Waals surface area contributed by atoms with Crippen molar-refractivity contribution in [3.05, 3.63) is 65.6 Å². The van der Waals surface area contributed by atoms with Gasteiger partial charge >= 0.3 is 0 Å². The molecule has 1 atom stereocenters. The molecule has 3 aromatic rings. The maximum atomic E-state index is 13.1. The van der Waals surface area contributed by atoms with E-state index in [1.165, 1.54) is 0 Å². The molecule has 1 aliphatic heterocycles. The lowest BCUT2D eigenvalue weighted by atomic mass is 10.1. The molecule has 1 fully saturated rings. The van der Waals surface area contributed by atoms with Gasteiger partial charge in [0, 0.05) is 35.1 Å². The van der Waals surface area contributed by atoms with E-state index in [1.807, 2.05) is 54.3 Å². The van der Waals surface area contributed by atoms with Gasteiger partial charge in [-0.05, 0) is 37.3 Å². The van der Waals surface area contributed by atoms with E-state index in [4.69, 9.17) is 10.5 Å². The number of carbonyl (C=O) groups excluding carboxylic acids is 1. The first kappa shape index (κ1) is 16.5. The number of carbonyl (C=O) groups is 1. The van der Waals surface area contributed by atoms with Gasteiger partial charge in [-0.3, -0.25) is 14.8 Å². The van der Waals surface area contributed by atoms with Gasteiger partial charge in [-0.2, -0.15) is 0 Å². The van der Waals surface area contributed by atoms with Crippen molar-refractivity contribution in [2.24, 2.45) is 0 Å². The van der Waals surface area contributed by atoms with E-state index < -0.39 is 0 Å². The molecule has 1 aromatic carbocycles. The van der Waals surface area contributed by atoms with Gasteiger partial charge in [0.2, 0.25) is 0 Å². The molecule has 0 unspecified atom stereocenters. The van der Waals surface area contributed by atoms with Crippen LogP contribution in [0.1, 0.15) is 27.8 Å². The number of amides is 1. The Balaban J connectivity index is 1.62. The van der Waals surface area contributed by atoms with Crippen LogP contribution >= 0.6 is 0 Å². The van der Waals surface area contributed by atoms with Crippen LogP contribution in [0.15, 0.2) is 48.7 Å². The molecule has 1 saturated heterocycles. The predicted octanol–water partition coefficient (Wildman–Crippen LogP) is 2.73. The van der Waals surface area contributed by atoms with Crippen LogP contribution in [0.4, 0.5) is 5.69 Å². The highest BCUT2D eigenvalue weighted by Gasteiger charge is 2.28. The number of nitrogens with zero attached hydrogens (tertiary/aromatic N) is 3. The van der Waals surface area contributed by atoms with E-state index in [2.05, 4.69) is 9.97 Å². The average Bonchev–Trinajstić information content (AvgIpc) is 2.66. The van der Waals surface area contributed by atoms with Crippen molar-refractivity contribution in [1.82, 2.24) is 14.9 Å². The zero-order chi connectivity index (χ0) is 18.1. The summed E-state index contributed by atoms with van der Waals surface area (Å²) in [6.45, 7) is 3.36. The number of rotatable bonds is 2. The highest BCUT2D eigenvalue weighted by molar-refractivity contribution is 6.06. The van der Waals surface area contributed by atoms with E-state index in [-0.39, 0.29) is 12.0 Å². The number of aryl methyl sites for hydroxylation is 1. The maximum Gasteiger partial charge on any atom is 0.254 e. The quantitative estimate of drug-likeness (QED) is 0.770. The summed E-state index contributed by atoms with van der Waals surface area (Å²) in [4.78, 5) is 23.8. The Labute approximate surface area is 151 Å². The molecular weight excluding hydrogens is 328 g/mol. The van der Waals surface area contributed by atoms with Gasteiger partial charge in [0.05, 0.1) is 24.4 Å². The fourth-order valence-electron chi connectivity index (χ4n) is 3.36. The molecule has 3 heterocycles. The minimum absolute atomic E-state index is 0.0162. The van der Waals surface area contributed by atoms with Gasteiger partial charge in [0.25, 0.3) is 5.91 Å². The smallest absolute Gasteiger partial charge is 0.254 e. The molecule has 6 nitrogen and oxygen atoms in total. The van der Waals surface area contributed by atoms with Crippen molar-refractivity contribution in [3.8, 4) is 0 Å². The van der Waals surface area contributed by atoms with Gasteiger partial charge in [-0.25, -0.2) is 0 Å². The second-order valence-corrected chi connectivity index (χ2v) is 6.45. The highest BCUT2D eigenvalue weighted by atomic mass is 16.5. The molecule has 0 radical (unpaired) electrons. The Morgan fingerprint density at radius 1 is 1.27 bits per heavy atom. The zero-order valence-electron chi connectivity index (χ0n) is 14.6. The second-order valence-electron chi connectivity index (χ2n) is 6.45.